The molecule has 1 aliphatic rings. The molecule has 1 aliphatic heterocycles. The Morgan fingerprint density at radius 3 is 3.00 bits per heavy atom. The van der Waals surface area contributed by atoms with Crippen LogP contribution in [0.3, 0.4) is 0 Å². The van der Waals surface area contributed by atoms with E-state index in [-0.39, 0.29) is 18.3 Å². The number of carbonyl (C=O) groups excluding carboxylic acids is 2. The lowest BCUT2D eigenvalue weighted by Gasteiger charge is -2.10. The maximum absolute atomic E-state index is 13.3. The summed E-state index contributed by atoms with van der Waals surface area (Å²) in [5.41, 5.74) is 0.930. The highest BCUT2D eigenvalue weighted by Gasteiger charge is 2.37. The molecule has 0 radical (unpaired) electrons. The Morgan fingerprint density at radius 1 is 1.42 bits per heavy atom. The first-order chi connectivity index (χ1) is 11.6. The first-order valence-corrected chi connectivity index (χ1v) is 8.79. The Hall–Kier alpha value is -2.35. The SMILES string of the molecule is CSCCC1NC(=O)N(Cc2coc(-c3cccc(F)c3)n2)C1=O. The lowest BCUT2D eigenvalue weighted by molar-refractivity contribution is -0.127. The van der Waals surface area contributed by atoms with Crippen LogP contribution in [0.2, 0.25) is 0 Å². The molecule has 24 heavy (non-hydrogen) atoms. The highest BCUT2D eigenvalue weighted by molar-refractivity contribution is 7.98. The summed E-state index contributed by atoms with van der Waals surface area (Å²) in [6.07, 6.45) is 3.91. The monoisotopic (exact) mass is 349 g/mol. The van der Waals surface area contributed by atoms with Gasteiger partial charge in [-0.15, -0.1) is 0 Å². The topological polar surface area (TPSA) is 75.4 Å². The van der Waals surface area contributed by atoms with E-state index < -0.39 is 17.9 Å². The minimum absolute atomic E-state index is 0.0270. The molecule has 1 fully saturated rings. The third-order valence-electron chi connectivity index (χ3n) is 3.66. The molecular weight excluding hydrogens is 333 g/mol. The standard InChI is InChI=1S/C16H16FN3O3S/c1-24-6-5-13-15(21)20(16(22)19-13)8-12-9-23-14(18-12)10-3-2-4-11(17)7-10/h2-4,7,9,13H,5-6,8H2,1H3,(H,19,22). The van der Waals surface area contributed by atoms with Crippen LogP contribution in [-0.4, -0.2) is 39.9 Å². The Bertz CT molecular complexity index is 765. The fourth-order valence-corrected chi connectivity index (χ4v) is 2.93. The largest absolute Gasteiger partial charge is 0.444 e. The van der Waals surface area contributed by atoms with Crippen LogP contribution in [0.25, 0.3) is 11.5 Å². The van der Waals surface area contributed by atoms with Gasteiger partial charge >= 0.3 is 6.03 Å². The van der Waals surface area contributed by atoms with E-state index in [1.165, 1.54) is 18.4 Å². The molecule has 2 heterocycles. The molecule has 1 N–H and O–H groups in total. The molecule has 1 saturated heterocycles. The molecular formula is C16H16FN3O3S. The summed E-state index contributed by atoms with van der Waals surface area (Å²) in [7, 11) is 0. The second-order valence-corrected chi connectivity index (χ2v) is 6.35. The highest BCUT2D eigenvalue weighted by atomic mass is 32.2. The summed E-state index contributed by atoms with van der Waals surface area (Å²) in [4.78, 5) is 29.6. The summed E-state index contributed by atoms with van der Waals surface area (Å²) >= 11 is 1.62. The number of urea groups is 1. The number of oxazole rings is 1. The van der Waals surface area contributed by atoms with Gasteiger partial charge in [-0.3, -0.25) is 9.69 Å². The van der Waals surface area contributed by atoms with E-state index in [0.29, 0.717) is 17.7 Å². The molecule has 3 amide bonds. The van der Waals surface area contributed by atoms with Gasteiger partial charge in [0, 0.05) is 5.56 Å². The summed E-state index contributed by atoms with van der Waals surface area (Å²) in [6, 6.07) is 4.95. The van der Waals surface area contributed by atoms with Gasteiger partial charge in [0.25, 0.3) is 5.91 Å². The molecule has 2 aromatic rings. The zero-order valence-corrected chi connectivity index (χ0v) is 13.8. The van der Waals surface area contributed by atoms with Crippen molar-refractivity contribution in [3.05, 3.63) is 42.0 Å². The van der Waals surface area contributed by atoms with Crippen LogP contribution in [0.4, 0.5) is 9.18 Å². The molecule has 6 nitrogen and oxygen atoms in total. The van der Waals surface area contributed by atoms with Gasteiger partial charge in [-0.1, -0.05) is 6.07 Å². The molecule has 1 atom stereocenters. The van der Waals surface area contributed by atoms with Gasteiger partial charge in [-0.2, -0.15) is 11.8 Å². The fourth-order valence-electron chi connectivity index (χ4n) is 2.45. The first kappa shape index (κ1) is 16.5. The molecule has 0 aliphatic carbocycles. The van der Waals surface area contributed by atoms with Crippen LogP contribution >= 0.6 is 11.8 Å². The Balaban J connectivity index is 1.71. The number of amides is 3. The van der Waals surface area contributed by atoms with Crippen molar-refractivity contribution in [3.8, 4) is 11.5 Å². The molecule has 3 rings (SSSR count). The Morgan fingerprint density at radius 2 is 2.25 bits per heavy atom. The van der Waals surface area contributed by atoms with Crippen LogP contribution < -0.4 is 5.32 Å². The lowest BCUT2D eigenvalue weighted by atomic mass is 10.2. The van der Waals surface area contributed by atoms with E-state index in [9.17, 15) is 14.0 Å². The number of thioether (sulfide) groups is 1. The van der Waals surface area contributed by atoms with Gasteiger partial charge in [-0.05, 0) is 36.6 Å². The summed E-state index contributed by atoms with van der Waals surface area (Å²) < 4.78 is 18.6. The number of rotatable bonds is 6. The van der Waals surface area contributed by atoms with Gasteiger partial charge in [0.15, 0.2) is 0 Å². The maximum atomic E-state index is 13.3. The smallest absolute Gasteiger partial charge is 0.325 e. The van der Waals surface area contributed by atoms with Gasteiger partial charge in [0.1, 0.15) is 18.1 Å². The van der Waals surface area contributed by atoms with Crippen LogP contribution in [0.5, 0.6) is 0 Å². The van der Waals surface area contributed by atoms with Gasteiger partial charge in [0.05, 0.1) is 12.2 Å². The highest BCUT2D eigenvalue weighted by Crippen LogP contribution is 2.21. The molecule has 1 aromatic heterocycles. The van der Waals surface area contributed by atoms with Crippen molar-refractivity contribution in [3.63, 3.8) is 0 Å². The van der Waals surface area contributed by atoms with Crippen LogP contribution in [0.1, 0.15) is 12.1 Å². The Kier molecular flexibility index (Phi) is 4.84. The molecule has 0 saturated carbocycles. The van der Waals surface area contributed by atoms with Crippen molar-refractivity contribution in [2.45, 2.75) is 19.0 Å². The number of halogens is 1. The predicted molar refractivity (Wildman–Crippen MR) is 87.8 cm³/mol. The molecule has 0 spiro atoms. The normalized spacial score (nSPS) is 17.4. The first-order valence-electron chi connectivity index (χ1n) is 7.39. The number of carbonyl (C=O) groups is 2. The van der Waals surface area contributed by atoms with E-state index in [0.717, 1.165) is 10.7 Å². The predicted octanol–water partition coefficient (Wildman–Crippen LogP) is 2.65. The number of imide groups is 1. The molecule has 126 valence electrons. The van der Waals surface area contributed by atoms with E-state index in [1.807, 2.05) is 6.26 Å². The maximum Gasteiger partial charge on any atom is 0.325 e. The van der Waals surface area contributed by atoms with Crippen LogP contribution in [-0.2, 0) is 11.3 Å². The summed E-state index contributed by atoms with van der Waals surface area (Å²) in [5.74, 6) is 0.385. The van der Waals surface area contributed by atoms with Crippen LogP contribution in [0, 0.1) is 5.82 Å². The number of nitrogens with one attached hydrogen (secondary N) is 1. The summed E-state index contributed by atoms with van der Waals surface area (Å²) in [6.45, 7) is 0.0270. The number of hydrogen-bond acceptors (Lipinski definition) is 5. The average molecular weight is 349 g/mol. The number of benzene rings is 1. The second-order valence-electron chi connectivity index (χ2n) is 5.36. The van der Waals surface area contributed by atoms with Gasteiger partial charge in [0.2, 0.25) is 5.89 Å². The quantitative estimate of drug-likeness (QED) is 0.812. The van der Waals surface area contributed by atoms with E-state index in [1.54, 1.807) is 23.9 Å². The third-order valence-corrected chi connectivity index (χ3v) is 4.31. The van der Waals surface area contributed by atoms with Crippen molar-refractivity contribution in [2.24, 2.45) is 0 Å². The van der Waals surface area contributed by atoms with Crippen LogP contribution in [0.15, 0.2) is 34.9 Å². The van der Waals surface area contributed by atoms with Crippen molar-refractivity contribution >= 4 is 23.7 Å². The van der Waals surface area contributed by atoms with E-state index in [4.69, 9.17) is 4.42 Å². The van der Waals surface area contributed by atoms with E-state index in [2.05, 4.69) is 10.3 Å². The number of hydrogen-bond donors (Lipinski definition) is 1. The number of aromatic nitrogens is 1. The lowest BCUT2D eigenvalue weighted by Crippen LogP contribution is -2.31. The molecule has 1 unspecified atom stereocenters. The minimum Gasteiger partial charge on any atom is -0.444 e. The summed E-state index contributed by atoms with van der Waals surface area (Å²) in [5, 5.41) is 2.67. The zero-order chi connectivity index (χ0) is 17.1. The van der Waals surface area contributed by atoms with Crippen molar-refractivity contribution in [2.75, 3.05) is 12.0 Å². The fraction of sp³-hybridized carbons (Fsp3) is 0.312. The van der Waals surface area contributed by atoms with Gasteiger partial charge in [-0.25, -0.2) is 14.2 Å². The third kappa shape index (κ3) is 3.43. The van der Waals surface area contributed by atoms with Crippen molar-refractivity contribution in [1.29, 1.82) is 0 Å². The van der Waals surface area contributed by atoms with E-state index >= 15 is 0 Å². The van der Waals surface area contributed by atoms with Crippen molar-refractivity contribution < 1.29 is 18.4 Å². The molecule has 1 aromatic carbocycles. The zero-order valence-electron chi connectivity index (χ0n) is 13.0. The Labute approximate surface area is 142 Å². The molecule has 0 bridgehead atoms. The minimum atomic E-state index is -0.487. The van der Waals surface area contributed by atoms with Gasteiger partial charge < -0.3 is 9.73 Å². The second kappa shape index (κ2) is 7.04. The van der Waals surface area contributed by atoms with Crippen molar-refractivity contribution in [1.82, 2.24) is 15.2 Å². The number of nitrogens with zero attached hydrogens (tertiary/aromatic N) is 2. The molecule has 8 heteroatoms. The average Bonchev–Trinajstić information content (AvgIpc) is 3.13.